The molecule has 0 aromatic heterocycles. The molecule has 7 heteroatoms. The topological polar surface area (TPSA) is 66.4 Å². The van der Waals surface area contributed by atoms with Gasteiger partial charge in [0.2, 0.25) is 0 Å². The molecule has 1 fully saturated rings. The van der Waals surface area contributed by atoms with Gasteiger partial charge in [-0.25, -0.2) is 5.43 Å². The lowest BCUT2D eigenvalue weighted by Gasteiger charge is -2.34. The number of rotatable bonds is 12. The number of hydrazone groups is 1. The molecule has 3 aromatic carbocycles. The number of amides is 1. The van der Waals surface area contributed by atoms with Gasteiger partial charge in [-0.05, 0) is 60.4 Å². The first-order valence-electron chi connectivity index (χ1n) is 13.4. The molecule has 7 nitrogen and oxygen atoms in total. The van der Waals surface area contributed by atoms with Crippen molar-refractivity contribution < 1.29 is 14.3 Å². The lowest BCUT2D eigenvalue weighted by Crippen LogP contribution is -2.45. The predicted octanol–water partition coefficient (Wildman–Crippen LogP) is 4.96. The van der Waals surface area contributed by atoms with Gasteiger partial charge in [-0.1, -0.05) is 49.4 Å². The van der Waals surface area contributed by atoms with Gasteiger partial charge in [0, 0.05) is 44.8 Å². The Kier molecular flexibility index (Phi) is 10.3. The van der Waals surface area contributed by atoms with E-state index in [0.29, 0.717) is 30.3 Å². The van der Waals surface area contributed by atoms with Crippen LogP contribution in [0.25, 0.3) is 0 Å². The minimum Gasteiger partial charge on any atom is -0.490 e. The van der Waals surface area contributed by atoms with Gasteiger partial charge in [-0.2, -0.15) is 5.10 Å². The Morgan fingerprint density at radius 2 is 1.50 bits per heavy atom. The maximum atomic E-state index is 12.6. The normalized spacial score (nSPS) is 14.5. The molecule has 1 amide bonds. The quantitative estimate of drug-likeness (QED) is 0.274. The molecule has 1 saturated heterocycles. The van der Waals surface area contributed by atoms with Crippen LogP contribution in [0.2, 0.25) is 0 Å². The molecule has 0 radical (unpaired) electrons. The van der Waals surface area contributed by atoms with E-state index >= 15 is 0 Å². The molecule has 1 heterocycles. The van der Waals surface area contributed by atoms with Crippen LogP contribution in [0.4, 0.5) is 0 Å². The van der Waals surface area contributed by atoms with Gasteiger partial charge >= 0.3 is 0 Å². The lowest BCUT2D eigenvalue weighted by atomic mass is 10.1. The van der Waals surface area contributed by atoms with E-state index in [4.69, 9.17) is 9.47 Å². The second-order valence-electron chi connectivity index (χ2n) is 9.42. The van der Waals surface area contributed by atoms with Crippen LogP contribution >= 0.6 is 0 Å². The van der Waals surface area contributed by atoms with Crippen molar-refractivity contribution in [2.75, 3.05) is 39.4 Å². The number of ether oxygens (including phenoxy) is 2. The van der Waals surface area contributed by atoms with Gasteiger partial charge in [0.1, 0.15) is 0 Å². The molecule has 1 aliphatic heterocycles. The molecule has 0 spiro atoms. The van der Waals surface area contributed by atoms with Crippen LogP contribution in [-0.4, -0.2) is 61.3 Å². The fraction of sp³-hybridized carbons (Fsp3) is 0.355. The summed E-state index contributed by atoms with van der Waals surface area (Å²) in [6, 6.07) is 24.0. The Morgan fingerprint density at radius 1 is 0.842 bits per heavy atom. The Hall–Kier alpha value is -3.68. The third kappa shape index (κ3) is 8.16. The van der Waals surface area contributed by atoms with Crippen molar-refractivity contribution in [3.63, 3.8) is 0 Å². The minimum absolute atomic E-state index is 0.241. The van der Waals surface area contributed by atoms with Crippen LogP contribution in [0.15, 0.2) is 77.9 Å². The molecule has 0 bridgehead atoms. The second-order valence-corrected chi connectivity index (χ2v) is 9.42. The van der Waals surface area contributed by atoms with Crippen molar-refractivity contribution in [3.05, 3.63) is 95.1 Å². The molecule has 38 heavy (non-hydrogen) atoms. The molecular formula is C31H38N4O3. The molecule has 0 aliphatic carbocycles. The molecule has 1 aliphatic rings. The summed E-state index contributed by atoms with van der Waals surface area (Å²) in [5.74, 6) is 1.14. The highest BCUT2D eigenvalue weighted by Gasteiger charge is 2.17. The number of carbonyl (C=O) groups excluding carboxylic acids is 1. The maximum absolute atomic E-state index is 12.6. The van der Waals surface area contributed by atoms with Crippen LogP contribution in [0.5, 0.6) is 11.5 Å². The van der Waals surface area contributed by atoms with Gasteiger partial charge in [0.05, 0.1) is 19.4 Å². The highest BCUT2D eigenvalue weighted by Crippen LogP contribution is 2.28. The van der Waals surface area contributed by atoms with Gasteiger partial charge in [0.15, 0.2) is 11.5 Å². The smallest absolute Gasteiger partial charge is 0.271 e. The minimum atomic E-state index is -0.241. The van der Waals surface area contributed by atoms with E-state index in [1.807, 2.05) is 49.4 Å². The van der Waals surface area contributed by atoms with Crippen molar-refractivity contribution in [2.45, 2.75) is 33.4 Å². The Balaban J connectivity index is 1.24. The van der Waals surface area contributed by atoms with E-state index in [1.54, 1.807) is 6.21 Å². The van der Waals surface area contributed by atoms with Crippen LogP contribution in [0.1, 0.15) is 47.3 Å². The number of piperazine rings is 1. The Bertz CT molecular complexity index is 1170. The number of hydrogen-bond acceptors (Lipinski definition) is 6. The van der Waals surface area contributed by atoms with Gasteiger partial charge in [-0.3, -0.25) is 14.6 Å². The first kappa shape index (κ1) is 27.4. The number of hydrogen-bond donors (Lipinski definition) is 1. The summed E-state index contributed by atoms with van der Waals surface area (Å²) in [4.78, 5) is 17.6. The summed E-state index contributed by atoms with van der Waals surface area (Å²) in [5, 5.41) is 4.13. The standard InChI is InChI=1S/C31H38N4O3/c1-3-20-38-29-15-12-27(21-30(29)37-4-2)22-32-33-31(36)28-13-10-26(11-14-28)24-35-18-16-34(17-19-35)23-25-8-6-5-7-9-25/h5-15,21-22H,3-4,16-20,23-24H2,1-2H3,(H,33,36)/b32-22-. The summed E-state index contributed by atoms with van der Waals surface area (Å²) in [6.07, 6.45) is 2.53. The van der Waals surface area contributed by atoms with Crippen LogP contribution in [-0.2, 0) is 13.1 Å². The van der Waals surface area contributed by atoms with Crippen molar-refractivity contribution >= 4 is 12.1 Å². The van der Waals surface area contributed by atoms with Crippen LogP contribution in [0, 0.1) is 0 Å². The van der Waals surface area contributed by atoms with E-state index in [9.17, 15) is 4.79 Å². The summed E-state index contributed by atoms with van der Waals surface area (Å²) in [7, 11) is 0. The fourth-order valence-electron chi connectivity index (χ4n) is 4.40. The van der Waals surface area contributed by atoms with E-state index in [2.05, 4.69) is 57.6 Å². The first-order valence-corrected chi connectivity index (χ1v) is 13.4. The van der Waals surface area contributed by atoms with Crippen molar-refractivity contribution in [3.8, 4) is 11.5 Å². The van der Waals surface area contributed by atoms with Gasteiger partial charge < -0.3 is 9.47 Å². The zero-order chi connectivity index (χ0) is 26.6. The summed E-state index contributed by atoms with van der Waals surface area (Å²) >= 11 is 0. The Labute approximate surface area is 226 Å². The third-order valence-corrected chi connectivity index (χ3v) is 6.45. The highest BCUT2D eigenvalue weighted by atomic mass is 16.5. The maximum Gasteiger partial charge on any atom is 0.271 e. The summed E-state index contributed by atoms with van der Waals surface area (Å²) < 4.78 is 11.4. The molecule has 0 unspecified atom stereocenters. The average Bonchev–Trinajstić information content (AvgIpc) is 2.95. The molecule has 4 rings (SSSR count). The monoisotopic (exact) mass is 514 g/mol. The van der Waals surface area contributed by atoms with Crippen LogP contribution < -0.4 is 14.9 Å². The number of nitrogens with zero attached hydrogens (tertiary/aromatic N) is 3. The molecule has 0 atom stereocenters. The Morgan fingerprint density at radius 3 is 2.13 bits per heavy atom. The van der Waals surface area contributed by atoms with Gasteiger partial charge in [-0.15, -0.1) is 0 Å². The summed E-state index contributed by atoms with van der Waals surface area (Å²) in [6.45, 7) is 11.3. The van der Waals surface area contributed by atoms with Gasteiger partial charge in [0.25, 0.3) is 5.91 Å². The first-order chi connectivity index (χ1) is 18.6. The SMILES string of the molecule is CCCOc1ccc(/C=N\NC(=O)c2ccc(CN3CCN(Cc4ccccc4)CC3)cc2)cc1OCC. The molecule has 3 aromatic rings. The number of nitrogens with one attached hydrogen (secondary N) is 1. The van der Waals surface area contributed by atoms with Crippen molar-refractivity contribution in [2.24, 2.45) is 5.10 Å². The van der Waals surface area contributed by atoms with Crippen molar-refractivity contribution in [1.29, 1.82) is 0 Å². The molecule has 1 N–H and O–H groups in total. The van der Waals surface area contributed by atoms with Crippen LogP contribution in [0.3, 0.4) is 0 Å². The highest BCUT2D eigenvalue weighted by molar-refractivity contribution is 5.95. The molecule has 200 valence electrons. The third-order valence-electron chi connectivity index (χ3n) is 6.45. The largest absolute Gasteiger partial charge is 0.490 e. The zero-order valence-corrected chi connectivity index (χ0v) is 22.4. The summed E-state index contributed by atoms with van der Waals surface area (Å²) in [5.41, 5.74) is 6.58. The van der Waals surface area contributed by atoms with E-state index in [0.717, 1.165) is 51.3 Å². The fourth-order valence-corrected chi connectivity index (χ4v) is 4.40. The van der Waals surface area contributed by atoms with E-state index in [1.165, 1.54) is 11.1 Å². The lowest BCUT2D eigenvalue weighted by molar-refractivity contribution is 0.0955. The number of carbonyl (C=O) groups is 1. The predicted molar refractivity (Wildman–Crippen MR) is 152 cm³/mol. The number of benzene rings is 3. The second kappa shape index (κ2) is 14.3. The van der Waals surface area contributed by atoms with E-state index < -0.39 is 0 Å². The zero-order valence-electron chi connectivity index (χ0n) is 22.4. The average molecular weight is 515 g/mol. The molecular weight excluding hydrogens is 476 g/mol. The van der Waals surface area contributed by atoms with E-state index in [-0.39, 0.29) is 5.91 Å². The molecule has 0 saturated carbocycles. The van der Waals surface area contributed by atoms with Crippen molar-refractivity contribution in [1.82, 2.24) is 15.2 Å².